The van der Waals surface area contributed by atoms with Gasteiger partial charge < -0.3 is 0 Å². The zero-order valence-corrected chi connectivity index (χ0v) is 17.0. The Bertz CT molecular complexity index is 1340. The van der Waals surface area contributed by atoms with Crippen LogP contribution in [0.4, 0.5) is 0 Å². The summed E-state index contributed by atoms with van der Waals surface area (Å²) in [7, 11) is 0. The second-order valence-electron chi connectivity index (χ2n) is 7.13. The van der Waals surface area contributed by atoms with Crippen molar-refractivity contribution < 1.29 is 9.59 Å². The second kappa shape index (κ2) is 7.03. The van der Waals surface area contributed by atoms with Crippen LogP contribution in [0.3, 0.4) is 0 Å². The van der Waals surface area contributed by atoms with Gasteiger partial charge in [0.15, 0.2) is 0 Å². The third-order valence-corrected chi connectivity index (χ3v) is 6.37. The highest BCUT2D eigenvalue weighted by Gasteiger charge is 2.34. The van der Waals surface area contributed by atoms with Crippen LogP contribution < -0.4 is 5.56 Å². The van der Waals surface area contributed by atoms with E-state index in [0.717, 1.165) is 16.0 Å². The van der Waals surface area contributed by atoms with E-state index in [1.54, 1.807) is 24.3 Å². The lowest BCUT2D eigenvalue weighted by atomic mass is 10.0. The van der Waals surface area contributed by atoms with Gasteiger partial charge in [-0.05, 0) is 24.6 Å². The third kappa shape index (κ3) is 2.78. The first kappa shape index (κ1) is 18.4. The van der Waals surface area contributed by atoms with E-state index in [1.165, 1.54) is 27.1 Å². The van der Waals surface area contributed by atoms with Crippen molar-refractivity contribution in [2.45, 2.75) is 13.5 Å². The zero-order valence-electron chi connectivity index (χ0n) is 16.2. The van der Waals surface area contributed by atoms with E-state index in [9.17, 15) is 14.4 Å². The molecule has 3 heterocycles. The van der Waals surface area contributed by atoms with Gasteiger partial charge in [-0.2, -0.15) is 0 Å². The lowest BCUT2D eigenvalue weighted by Gasteiger charge is -2.14. The summed E-state index contributed by atoms with van der Waals surface area (Å²) in [5.74, 6) is -0.650. The number of hydrogen-bond donors (Lipinski definition) is 0. The molecule has 0 atom stereocenters. The first-order valence-corrected chi connectivity index (χ1v) is 10.4. The summed E-state index contributed by atoms with van der Waals surface area (Å²) < 4.78 is 1.48. The summed E-state index contributed by atoms with van der Waals surface area (Å²) in [6.45, 7) is 2.29. The molecular weight excluding hydrogens is 398 g/mol. The van der Waals surface area contributed by atoms with Crippen molar-refractivity contribution in [3.63, 3.8) is 0 Å². The molecule has 7 heteroatoms. The number of hydrogen-bond acceptors (Lipinski definition) is 5. The van der Waals surface area contributed by atoms with Crippen molar-refractivity contribution in [1.29, 1.82) is 0 Å². The lowest BCUT2D eigenvalue weighted by molar-refractivity contribution is 0.0648. The zero-order chi connectivity index (χ0) is 20.8. The van der Waals surface area contributed by atoms with Gasteiger partial charge in [0.2, 0.25) is 0 Å². The van der Waals surface area contributed by atoms with Crippen LogP contribution in [0.15, 0.2) is 65.7 Å². The molecule has 2 aromatic heterocycles. The van der Waals surface area contributed by atoms with Crippen molar-refractivity contribution in [3.8, 4) is 11.1 Å². The van der Waals surface area contributed by atoms with Crippen molar-refractivity contribution in [2.24, 2.45) is 0 Å². The number of fused-ring (bicyclic) bond motifs is 2. The maximum Gasteiger partial charge on any atom is 0.262 e. The quantitative estimate of drug-likeness (QED) is 0.476. The fourth-order valence-electron chi connectivity index (χ4n) is 3.90. The third-order valence-electron chi connectivity index (χ3n) is 5.36. The maximum atomic E-state index is 13.3. The van der Waals surface area contributed by atoms with E-state index in [0.29, 0.717) is 21.3 Å². The van der Waals surface area contributed by atoms with E-state index in [1.807, 2.05) is 37.3 Å². The maximum absolute atomic E-state index is 13.3. The van der Waals surface area contributed by atoms with Crippen LogP contribution in [-0.4, -0.2) is 32.8 Å². The minimum atomic E-state index is -0.325. The van der Waals surface area contributed by atoms with Crippen molar-refractivity contribution in [2.75, 3.05) is 6.54 Å². The minimum absolute atomic E-state index is 0.114. The number of rotatable bonds is 4. The molecule has 0 bridgehead atoms. The molecule has 0 unspecified atom stereocenters. The number of aromatic nitrogens is 2. The van der Waals surface area contributed by atoms with Crippen LogP contribution >= 0.6 is 11.3 Å². The Balaban J connectivity index is 1.50. The normalized spacial score (nSPS) is 13.3. The summed E-state index contributed by atoms with van der Waals surface area (Å²) in [5.41, 5.74) is 2.51. The minimum Gasteiger partial charge on any atom is -0.297 e. The van der Waals surface area contributed by atoms with Gasteiger partial charge in [0.1, 0.15) is 4.83 Å². The molecule has 6 nitrogen and oxygen atoms in total. The molecule has 0 saturated heterocycles. The average molecular weight is 415 g/mol. The molecule has 2 amide bonds. The van der Waals surface area contributed by atoms with E-state index < -0.39 is 0 Å². The Morgan fingerprint density at radius 2 is 1.50 bits per heavy atom. The van der Waals surface area contributed by atoms with Gasteiger partial charge in [0, 0.05) is 23.5 Å². The van der Waals surface area contributed by atoms with Crippen LogP contribution in [0.1, 0.15) is 25.6 Å². The summed E-state index contributed by atoms with van der Waals surface area (Å²) >= 11 is 1.49. The van der Waals surface area contributed by atoms with Gasteiger partial charge in [-0.15, -0.1) is 11.3 Å². The molecule has 0 aliphatic carbocycles. The lowest BCUT2D eigenvalue weighted by Crippen LogP contribution is -2.35. The number of thiophene rings is 1. The van der Waals surface area contributed by atoms with Crippen LogP contribution in [0.25, 0.3) is 21.3 Å². The Hall–Kier alpha value is -3.58. The Kier molecular flexibility index (Phi) is 4.33. The van der Waals surface area contributed by atoms with E-state index >= 15 is 0 Å². The van der Waals surface area contributed by atoms with E-state index in [2.05, 4.69) is 4.98 Å². The molecule has 2 aromatic carbocycles. The summed E-state index contributed by atoms with van der Waals surface area (Å²) in [4.78, 5) is 45.8. The molecule has 0 N–H and O–H groups in total. The van der Waals surface area contributed by atoms with E-state index in [4.69, 9.17) is 0 Å². The van der Waals surface area contributed by atoms with Crippen LogP contribution in [0, 0.1) is 6.92 Å². The highest BCUT2D eigenvalue weighted by Crippen LogP contribution is 2.35. The number of amides is 2. The molecule has 1 aliphatic rings. The Morgan fingerprint density at radius 3 is 2.17 bits per heavy atom. The molecule has 148 valence electrons. The first-order chi connectivity index (χ1) is 14.6. The number of carbonyl (C=O) groups excluding carboxylic acids is 2. The summed E-state index contributed by atoms with van der Waals surface area (Å²) in [5, 5.41) is 0.577. The van der Waals surface area contributed by atoms with Gasteiger partial charge >= 0.3 is 0 Å². The monoisotopic (exact) mass is 415 g/mol. The highest BCUT2D eigenvalue weighted by atomic mass is 32.1. The van der Waals surface area contributed by atoms with Gasteiger partial charge in [-0.1, -0.05) is 42.5 Å². The number of imide groups is 1. The standard InChI is InChI=1S/C23H17N3O3S/c1-14-18(15-7-3-2-4-8-15)19-20(30-14)24-13-25(23(19)29)11-12-26-21(27)16-9-5-6-10-17(16)22(26)28/h2-10,13H,11-12H2,1H3. The molecule has 0 saturated carbocycles. The largest absolute Gasteiger partial charge is 0.297 e. The van der Waals surface area contributed by atoms with Gasteiger partial charge in [0.05, 0.1) is 22.8 Å². The fourth-order valence-corrected chi connectivity index (χ4v) is 4.90. The highest BCUT2D eigenvalue weighted by molar-refractivity contribution is 7.19. The van der Waals surface area contributed by atoms with Gasteiger partial charge in [-0.3, -0.25) is 23.9 Å². The molecule has 4 aromatic rings. The Labute approximate surface area is 176 Å². The first-order valence-electron chi connectivity index (χ1n) is 9.55. The van der Waals surface area contributed by atoms with Crippen LogP contribution in [-0.2, 0) is 6.54 Å². The topological polar surface area (TPSA) is 72.3 Å². The van der Waals surface area contributed by atoms with Gasteiger partial charge in [-0.25, -0.2) is 4.98 Å². The van der Waals surface area contributed by atoms with Crippen molar-refractivity contribution >= 4 is 33.4 Å². The molecule has 0 radical (unpaired) electrons. The predicted octanol–water partition coefficient (Wildman–Crippen LogP) is 3.73. The van der Waals surface area contributed by atoms with Gasteiger partial charge in [0.25, 0.3) is 17.4 Å². The molecule has 1 aliphatic heterocycles. The molecule has 0 fully saturated rings. The molecule has 5 rings (SSSR count). The molecule has 30 heavy (non-hydrogen) atoms. The van der Waals surface area contributed by atoms with Crippen LogP contribution in [0.5, 0.6) is 0 Å². The second-order valence-corrected chi connectivity index (χ2v) is 8.33. The number of aryl methyl sites for hydroxylation is 1. The number of benzene rings is 2. The average Bonchev–Trinajstić information content (AvgIpc) is 3.23. The summed E-state index contributed by atoms with van der Waals surface area (Å²) in [6.07, 6.45) is 1.49. The van der Waals surface area contributed by atoms with E-state index in [-0.39, 0.29) is 30.5 Å². The molecular formula is C23H17N3O3S. The van der Waals surface area contributed by atoms with Crippen molar-refractivity contribution in [3.05, 3.63) is 87.3 Å². The number of nitrogens with zero attached hydrogens (tertiary/aromatic N) is 3. The smallest absolute Gasteiger partial charge is 0.262 e. The summed E-state index contributed by atoms with van der Waals surface area (Å²) in [6, 6.07) is 16.5. The predicted molar refractivity (Wildman–Crippen MR) is 116 cm³/mol. The fraction of sp³-hybridized carbons (Fsp3) is 0.130. The number of carbonyl (C=O) groups is 2. The Morgan fingerprint density at radius 1 is 0.867 bits per heavy atom. The van der Waals surface area contributed by atoms with Crippen molar-refractivity contribution in [1.82, 2.24) is 14.5 Å². The SMILES string of the molecule is Cc1sc2ncn(CCN3C(=O)c4ccccc4C3=O)c(=O)c2c1-c1ccccc1. The van der Waals surface area contributed by atoms with Crippen LogP contribution in [0.2, 0.25) is 0 Å². The molecule has 0 spiro atoms.